The van der Waals surface area contributed by atoms with E-state index in [9.17, 15) is 9.59 Å². The zero-order chi connectivity index (χ0) is 23.0. The standard InChI is InChI=1S/C27H35NO4/c1-4-31-26(30)27(2,3)32-24-16-14-22(15-17-24)21-12-10-20(11-13-21)18-19-28-25(29)23-8-6-5-7-9-23/h10-17,23H,4-9,18-19H2,1-3H3,(H,28,29). The maximum Gasteiger partial charge on any atom is 0.349 e. The van der Waals surface area contributed by atoms with E-state index in [-0.39, 0.29) is 17.8 Å². The quantitative estimate of drug-likeness (QED) is 0.540. The van der Waals surface area contributed by atoms with Crippen molar-refractivity contribution < 1.29 is 19.1 Å². The molecule has 0 unspecified atom stereocenters. The van der Waals surface area contributed by atoms with Crippen LogP contribution < -0.4 is 10.1 Å². The zero-order valence-electron chi connectivity index (χ0n) is 19.5. The Labute approximate surface area is 191 Å². The summed E-state index contributed by atoms with van der Waals surface area (Å²) in [5.41, 5.74) is 2.35. The number of carbonyl (C=O) groups excluding carboxylic acids is 2. The van der Waals surface area contributed by atoms with Crippen molar-refractivity contribution >= 4 is 11.9 Å². The molecule has 1 amide bonds. The van der Waals surface area contributed by atoms with Crippen molar-refractivity contribution in [3.05, 3.63) is 54.1 Å². The van der Waals surface area contributed by atoms with Crippen molar-refractivity contribution in [2.24, 2.45) is 5.92 Å². The Morgan fingerprint density at radius 2 is 1.53 bits per heavy atom. The van der Waals surface area contributed by atoms with Gasteiger partial charge in [-0.15, -0.1) is 0 Å². The number of hydrogen-bond acceptors (Lipinski definition) is 4. The predicted molar refractivity (Wildman–Crippen MR) is 127 cm³/mol. The highest BCUT2D eigenvalue weighted by atomic mass is 16.6. The van der Waals surface area contributed by atoms with E-state index in [0.29, 0.717) is 18.9 Å². The van der Waals surface area contributed by atoms with Crippen LogP contribution in [-0.2, 0) is 20.7 Å². The van der Waals surface area contributed by atoms with Gasteiger partial charge in [0.05, 0.1) is 6.61 Å². The van der Waals surface area contributed by atoms with Gasteiger partial charge in [-0.25, -0.2) is 4.79 Å². The van der Waals surface area contributed by atoms with Crippen LogP contribution in [0.15, 0.2) is 48.5 Å². The van der Waals surface area contributed by atoms with Crippen LogP contribution in [0.2, 0.25) is 0 Å². The van der Waals surface area contributed by atoms with Gasteiger partial charge in [-0.3, -0.25) is 4.79 Å². The second-order valence-electron chi connectivity index (χ2n) is 8.93. The number of ether oxygens (including phenoxy) is 2. The minimum atomic E-state index is -1.04. The molecule has 0 saturated heterocycles. The monoisotopic (exact) mass is 437 g/mol. The van der Waals surface area contributed by atoms with Crippen molar-refractivity contribution in [3.8, 4) is 16.9 Å². The van der Waals surface area contributed by atoms with Crippen LogP contribution >= 0.6 is 0 Å². The topological polar surface area (TPSA) is 64.6 Å². The maximum atomic E-state index is 12.3. The van der Waals surface area contributed by atoms with Gasteiger partial charge in [0.2, 0.25) is 5.91 Å². The molecule has 0 spiro atoms. The Balaban J connectivity index is 1.51. The number of carbonyl (C=O) groups is 2. The van der Waals surface area contributed by atoms with Gasteiger partial charge in [0.1, 0.15) is 5.75 Å². The Kier molecular flexibility index (Phi) is 8.32. The fourth-order valence-electron chi connectivity index (χ4n) is 4.06. The van der Waals surface area contributed by atoms with Gasteiger partial charge in [-0.2, -0.15) is 0 Å². The molecule has 1 saturated carbocycles. The molecule has 3 rings (SSSR count). The SMILES string of the molecule is CCOC(=O)C(C)(C)Oc1ccc(-c2ccc(CCNC(=O)C3CCCCC3)cc2)cc1. The van der Waals surface area contributed by atoms with Gasteiger partial charge in [0.15, 0.2) is 5.60 Å². The maximum absolute atomic E-state index is 12.3. The Morgan fingerprint density at radius 1 is 0.938 bits per heavy atom. The number of nitrogens with one attached hydrogen (secondary N) is 1. The predicted octanol–water partition coefficient (Wildman–Crippen LogP) is 5.31. The lowest BCUT2D eigenvalue weighted by atomic mass is 9.88. The van der Waals surface area contributed by atoms with E-state index in [4.69, 9.17) is 9.47 Å². The highest BCUT2D eigenvalue weighted by molar-refractivity contribution is 5.79. The molecule has 0 bridgehead atoms. The first kappa shape index (κ1) is 23.8. The van der Waals surface area contributed by atoms with Gasteiger partial charge < -0.3 is 14.8 Å². The third-order valence-corrected chi connectivity index (χ3v) is 5.97. The minimum absolute atomic E-state index is 0.209. The summed E-state index contributed by atoms with van der Waals surface area (Å²) in [6.45, 7) is 6.19. The van der Waals surface area contributed by atoms with Crippen LogP contribution in [0.4, 0.5) is 0 Å². The smallest absolute Gasteiger partial charge is 0.349 e. The van der Waals surface area contributed by atoms with Crippen molar-refractivity contribution in [2.45, 2.75) is 64.9 Å². The third kappa shape index (κ3) is 6.59. The van der Waals surface area contributed by atoms with E-state index in [1.54, 1.807) is 20.8 Å². The Bertz CT molecular complexity index is 881. The van der Waals surface area contributed by atoms with Crippen LogP contribution in [0.3, 0.4) is 0 Å². The number of esters is 1. The van der Waals surface area contributed by atoms with E-state index >= 15 is 0 Å². The molecular formula is C27H35NO4. The largest absolute Gasteiger partial charge is 0.476 e. The average molecular weight is 438 g/mol. The lowest BCUT2D eigenvalue weighted by molar-refractivity contribution is -0.158. The van der Waals surface area contributed by atoms with Crippen LogP contribution in [-0.4, -0.2) is 30.6 Å². The van der Waals surface area contributed by atoms with E-state index in [1.165, 1.54) is 24.8 Å². The summed E-state index contributed by atoms with van der Waals surface area (Å²) in [4.78, 5) is 24.3. The molecule has 0 aliphatic heterocycles. The van der Waals surface area contributed by atoms with Crippen molar-refractivity contribution in [1.29, 1.82) is 0 Å². The molecule has 1 aliphatic rings. The summed E-state index contributed by atoms with van der Waals surface area (Å²) in [5, 5.41) is 3.10. The first-order chi connectivity index (χ1) is 15.4. The summed E-state index contributed by atoms with van der Waals surface area (Å²) in [6, 6.07) is 16.1. The highest BCUT2D eigenvalue weighted by Gasteiger charge is 2.31. The molecule has 172 valence electrons. The molecule has 1 N–H and O–H groups in total. The molecule has 0 heterocycles. The normalized spacial score (nSPS) is 14.6. The summed E-state index contributed by atoms with van der Waals surface area (Å²) in [5.74, 6) is 0.669. The third-order valence-electron chi connectivity index (χ3n) is 5.97. The minimum Gasteiger partial charge on any atom is -0.476 e. The van der Waals surface area contributed by atoms with E-state index < -0.39 is 5.60 Å². The van der Waals surface area contributed by atoms with Gasteiger partial charge in [-0.1, -0.05) is 55.7 Å². The highest BCUT2D eigenvalue weighted by Crippen LogP contribution is 2.26. The molecule has 32 heavy (non-hydrogen) atoms. The molecule has 5 heteroatoms. The van der Waals surface area contributed by atoms with Crippen molar-refractivity contribution in [3.63, 3.8) is 0 Å². The fourth-order valence-corrected chi connectivity index (χ4v) is 4.06. The zero-order valence-corrected chi connectivity index (χ0v) is 19.5. The second-order valence-corrected chi connectivity index (χ2v) is 8.93. The first-order valence-electron chi connectivity index (χ1n) is 11.7. The second kappa shape index (κ2) is 11.2. The number of rotatable bonds is 9. The Morgan fingerprint density at radius 3 is 2.12 bits per heavy atom. The number of hydrogen-bond donors (Lipinski definition) is 1. The summed E-state index contributed by atoms with van der Waals surface area (Å²) in [7, 11) is 0. The van der Waals surface area contributed by atoms with Crippen LogP contribution in [0.1, 0.15) is 58.4 Å². The molecule has 1 aliphatic carbocycles. The molecule has 2 aromatic carbocycles. The first-order valence-corrected chi connectivity index (χ1v) is 11.7. The summed E-state index contributed by atoms with van der Waals surface area (Å²) >= 11 is 0. The number of amides is 1. The van der Waals surface area contributed by atoms with Crippen LogP contribution in [0.25, 0.3) is 11.1 Å². The molecule has 5 nitrogen and oxygen atoms in total. The molecule has 0 radical (unpaired) electrons. The van der Waals surface area contributed by atoms with Gasteiger partial charge in [0, 0.05) is 12.5 Å². The van der Waals surface area contributed by atoms with Crippen molar-refractivity contribution in [2.75, 3.05) is 13.2 Å². The van der Waals surface area contributed by atoms with Gasteiger partial charge >= 0.3 is 5.97 Å². The van der Waals surface area contributed by atoms with E-state index in [1.807, 2.05) is 24.3 Å². The summed E-state index contributed by atoms with van der Waals surface area (Å²) in [6.07, 6.45) is 6.51. The fraction of sp³-hybridized carbons (Fsp3) is 0.481. The number of benzene rings is 2. The molecule has 0 aromatic heterocycles. The molecular weight excluding hydrogens is 402 g/mol. The lowest BCUT2D eigenvalue weighted by Crippen LogP contribution is -2.39. The Hall–Kier alpha value is -2.82. The van der Waals surface area contributed by atoms with Crippen LogP contribution in [0.5, 0.6) is 5.75 Å². The van der Waals surface area contributed by atoms with Crippen LogP contribution in [0, 0.1) is 5.92 Å². The molecule has 2 aromatic rings. The lowest BCUT2D eigenvalue weighted by Gasteiger charge is -2.24. The summed E-state index contributed by atoms with van der Waals surface area (Å²) < 4.78 is 10.9. The molecule has 0 atom stereocenters. The molecule has 1 fully saturated rings. The van der Waals surface area contributed by atoms with Gasteiger partial charge in [-0.05, 0) is 68.9 Å². The van der Waals surface area contributed by atoms with E-state index in [2.05, 4.69) is 29.6 Å². The van der Waals surface area contributed by atoms with Crippen molar-refractivity contribution in [1.82, 2.24) is 5.32 Å². The van der Waals surface area contributed by atoms with E-state index in [0.717, 1.165) is 30.4 Å². The van der Waals surface area contributed by atoms with Gasteiger partial charge in [0.25, 0.3) is 0 Å². The average Bonchev–Trinajstić information content (AvgIpc) is 2.80.